The molecule has 9 nitrogen and oxygen atoms in total. The number of aliphatic hydroxyl groups excluding tert-OH is 1. The second-order valence-corrected chi connectivity index (χ2v) is 9.07. The molecule has 4 rings (SSSR count). The highest BCUT2D eigenvalue weighted by Gasteiger charge is 2.24. The molecule has 1 saturated heterocycles. The van der Waals surface area contributed by atoms with Gasteiger partial charge in [-0.15, -0.1) is 0 Å². The Morgan fingerprint density at radius 1 is 1.03 bits per heavy atom. The van der Waals surface area contributed by atoms with Crippen LogP contribution < -0.4 is 10.2 Å². The van der Waals surface area contributed by atoms with E-state index in [1.54, 1.807) is 30.3 Å². The van der Waals surface area contributed by atoms with Gasteiger partial charge < -0.3 is 24.6 Å². The van der Waals surface area contributed by atoms with E-state index < -0.39 is 23.0 Å². The van der Waals surface area contributed by atoms with Crippen molar-refractivity contribution in [2.75, 3.05) is 36.4 Å². The Bertz CT molecular complexity index is 1500. The van der Waals surface area contributed by atoms with Crippen LogP contribution in [-0.2, 0) is 9.59 Å². The van der Waals surface area contributed by atoms with Crippen LogP contribution in [0.15, 0.2) is 70.4 Å². The van der Waals surface area contributed by atoms with Gasteiger partial charge >= 0.3 is 0 Å². The summed E-state index contributed by atoms with van der Waals surface area (Å²) in [5, 5.41) is 21.8. The summed E-state index contributed by atoms with van der Waals surface area (Å²) in [6, 6.07) is 16.9. The van der Waals surface area contributed by atoms with Crippen molar-refractivity contribution in [3.05, 3.63) is 77.3 Å². The van der Waals surface area contributed by atoms with Crippen LogP contribution >= 0.6 is 0 Å². The van der Waals surface area contributed by atoms with Crippen LogP contribution in [0.4, 0.5) is 11.4 Å². The smallest absolute Gasteiger partial charge is 0.269 e. The lowest BCUT2D eigenvalue weighted by Gasteiger charge is -2.35. The Kier molecular flexibility index (Phi) is 7.63. The molecule has 38 heavy (non-hydrogen) atoms. The fourth-order valence-electron chi connectivity index (χ4n) is 4.37. The summed E-state index contributed by atoms with van der Waals surface area (Å²) in [6.07, 6.45) is 1.58. The summed E-state index contributed by atoms with van der Waals surface area (Å²) >= 11 is 0. The molecule has 0 spiro atoms. The number of Topliss-reactive ketones (excluding diaryl/α,β-unsaturated/α-hetero) is 1. The van der Waals surface area contributed by atoms with E-state index in [4.69, 9.17) is 4.42 Å². The average molecular weight is 513 g/mol. The van der Waals surface area contributed by atoms with Crippen LogP contribution in [0.1, 0.15) is 36.9 Å². The summed E-state index contributed by atoms with van der Waals surface area (Å²) in [7, 11) is 0. The van der Waals surface area contributed by atoms with Crippen molar-refractivity contribution in [1.82, 2.24) is 4.90 Å². The molecule has 0 bridgehead atoms. The largest absolute Gasteiger partial charge is 0.511 e. The number of nitrogens with one attached hydrogen (secondary N) is 1. The van der Waals surface area contributed by atoms with Crippen molar-refractivity contribution in [2.24, 2.45) is 0 Å². The zero-order chi connectivity index (χ0) is 27.4. The number of anilines is 2. The quantitative estimate of drug-likeness (QED) is 0.212. The summed E-state index contributed by atoms with van der Waals surface area (Å²) in [6.45, 7) is 7.04. The van der Waals surface area contributed by atoms with E-state index in [0.29, 0.717) is 35.2 Å². The van der Waals surface area contributed by atoms with Crippen molar-refractivity contribution in [3.8, 4) is 6.07 Å². The number of carbonyl (C=O) groups is 3. The van der Waals surface area contributed by atoms with Crippen LogP contribution in [0, 0.1) is 11.3 Å². The summed E-state index contributed by atoms with van der Waals surface area (Å²) in [5.41, 5.74) is 2.53. The predicted octanol–water partition coefficient (Wildman–Crippen LogP) is 4.68. The van der Waals surface area contributed by atoms with Crippen molar-refractivity contribution in [1.29, 1.82) is 5.26 Å². The molecule has 2 N–H and O–H groups in total. The van der Waals surface area contributed by atoms with Gasteiger partial charge in [-0.1, -0.05) is 24.3 Å². The first kappa shape index (κ1) is 26.2. The second kappa shape index (κ2) is 11.0. The number of ketones is 1. The Hall–Kier alpha value is -4.84. The minimum Gasteiger partial charge on any atom is -0.511 e. The number of piperazine rings is 1. The summed E-state index contributed by atoms with van der Waals surface area (Å²) in [5.74, 6) is -1.89. The molecule has 2 aromatic carbocycles. The van der Waals surface area contributed by atoms with E-state index in [-0.39, 0.29) is 17.4 Å². The molecule has 3 aromatic rings. The lowest BCUT2D eigenvalue weighted by Crippen LogP contribution is -2.48. The molecule has 1 fully saturated rings. The van der Waals surface area contributed by atoms with Crippen LogP contribution in [0.3, 0.4) is 0 Å². The minimum atomic E-state index is -0.861. The predicted molar refractivity (Wildman–Crippen MR) is 145 cm³/mol. The number of rotatable bonds is 6. The first-order valence-corrected chi connectivity index (χ1v) is 12.2. The third-order valence-corrected chi connectivity index (χ3v) is 6.45. The molecule has 0 saturated carbocycles. The van der Waals surface area contributed by atoms with Gasteiger partial charge in [-0.25, -0.2) is 0 Å². The molecule has 2 heterocycles. The first-order valence-electron chi connectivity index (χ1n) is 12.2. The normalized spacial score (nSPS) is 14.6. The molecular weight excluding hydrogens is 484 g/mol. The fraction of sp³-hybridized carbons (Fsp3) is 0.241. The van der Waals surface area contributed by atoms with E-state index in [1.165, 1.54) is 13.8 Å². The Morgan fingerprint density at radius 2 is 1.71 bits per heavy atom. The highest BCUT2D eigenvalue weighted by Crippen LogP contribution is 2.34. The van der Waals surface area contributed by atoms with Crippen molar-refractivity contribution in [2.45, 2.75) is 20.8 Å². The molecule has 1 aromatic heterocycles. The zero-order valence-corrected chi connectivity index (χ0v) is 21.4. The summed E-state index contributed by atoms with van der Waals surface area (Å²) < 4.78 is 5.67. The maximum atomic E-state index is 13.0. The number of benzene rings is 2. The number of hydrogen-bond donors (Lipinski definition) is 2. The number of nitriles is 1. The number of allylic oxidation sites excluding steroid dienone is 2. The number of para-hydroxylation sites is 1. The zero-order valence-electron chi connectivity index (χ0n) is 21.4. The number of carbonyl (C=O) groups excluding carboxylic acids is 3. The number of nitrogens with zero attached hydrogens (tertiary/aromatic N) is 3. The number of furan rings is 1. The van der Waals surface area contributed by atoms with Gasteiger partial charge in [0.2, 0.25) is 5.91 Å². The maximum Gasteiger partial charge on any atom is 0.269 e. The molecule has 0 radical (unpaired) electrons. The maximum absolute atomic E-state index is 13.0. The monoisotopic (exact) mass is 512 g/mol. The molecule has 194 valence electrons. The minimum absolute atomic E-state index is 0.0765. The SMILES string of the molecule is CC(=O)c1oc2ccc(/C(C)=C/C(=O)N3CCN(c4ccccc4)CC3)cc2c1NC(=O)/C(C#N)=C(/C)O. The summed E-state index contributed by atoms with van der Waals surface area (Å²) in [4.78, 5) is 41.9. The molecule has 0 unspecified atom stereocenters. The molecule has 0 aliphatic carbocycles. The third kappa shape index (κ3) is 5.44. The van der Waals surface area contributed by atoms with Gasteiger partial charge in [0, 0.05) is 50.3 Å². The molecular formula is C29H28N4O5. The van der Waals surface area contributed by atoms with E-state index in [2.05, 4.69) is 22.3 Å². The number of aliphatic hydroxyl groups is 1. The lowest BCUT2D eigenvalue weighted by molar-refractivity contribution is -0.126. The molecule has 2 amide bonds. The van der Waals surface area contributed by atoms with Gasteiger partial charge in [-0.05, 0) is 49.2 Å². The van der Waals surface area contributed by atoms with Crippen LogP contribution in [0.25, 0.3) is 16.5 Å². The topological polar surface area (TPSA) is 127 Å². The lowest BCUT2D eigenvalue weighted by atomic mass is 10.0. The van der Waals surface area contributed by atoms with Gasteiger partial charge in [0.15, 0.2) is 17.1 Å². The van der Waals surface area contributed by atoms with E-state index in [9.17, 15) is 24.8 Å². The number of fused-ring (bicyclic) bond motifs is 1. The Morgan fingerprint density at radius 3 is 2.32 bits per heavy atom. The van der Waals surface area contributed by atoms with Gasteiger partial charge in [0.05, 0.1) is 5.69 Å². The van der Waals surface area contributed by atoms with Crippen LogP contribution in [0.2, 0.25) is 0 Å². The van der Waals surface area contributed by atoms with Gasteiger partial charge in [0.25, 0.3) is 5.91 Å². The average Bonchev–Trinajstić information content (AvgIpc) is 3.27. The molecule has 1 aliphatic heterocycles. The van der Waals surface area contributed by atoms with Gasteiger partial charge in [-0.3, -0.25) is 14.4 Å². The van der Waals surface area contributed by atoms with E-state index in [1.807, 2.05) is 30.0 Å². The molecule has 1 aliphatic rings. The highest BCUT2D eigenvalue weighted by molar-refractivity contribution is 6.15. The second-order valence-electron chi connectivity index (χ2n) is 9.07. The van der Waals surface area contributed by atoms with Gasteiger partial charge in [-0.2, -0.15) is 5.26 Å². The van der Waals surface area contributed by atoms with Crippen molar-refractivity contribution < 1.29 is 23.9 Å². The van der Waals surface area contributed by atoms with Crippen molar-refractivity contribution in [3.63, 3.8) is 0 Å². The number of amides is 2. The van der Waals surface area contributed by atoms with Crippen LogP contribution in [0.5, 0.6) is 0 Å². The van der Waals surface area contributed by atoms with Crippen LogP contribution in [-0.4, -0.2) is 53.8 Å². The van der Waals surface area contributed by atoms with Gasteiger partial charge in [0.1, 0.15) is 17.4 Å². The molecule has 9 heteroatoms. The molecule has 0 atom stereocenters. The Balaban J connectivity index is 1.57. The number of hydrogen-bond acceptors (Lipinski definition) is 7. The van der Waals surface area contributed by atoms with E-state index >= 15 is 0 Å². The fourth-order valence-corrected chi connectivity index (χ4v) is 4.37. The standard InChI is InChI=1S/C29H28N4O5/c1-18(15-26(36)33-13-11-32(12-14-33)22-7-5-4-6-8-22)21-9-10-25-23(16-21)27(28(38-25)20(3)35)31-29(37)24(17-30)19(2)34/h4-10,15-16,34H,11-14H2,1-3H3,(H,31,37)/b18-15+,24-19-. The first-order chi connectivity index (χ1) is 18.2. The Labute approximate surface area is 220 Å². The van der Waals surface area contributed by atoms with Crippen molar-refractivity contribution >= 4 is 45.5 Å². The van der Waals surface area contributed by atoms with E-state index in [0.717, 1.165) is 18.8 Å². The third-order valence-electron chi connectivity index (χ3n) is 6.45. The highest BCUT2D eigenvalue weighted by atomic mass is 16.3.